The zero-order chi connectivity index (χ0) is 34.4. The minimum absolute atomic E-state index is 0.0892. The molecule has 0 aliphatic carbocycles. The van der Waals surface area contributed by atoms with Gasteiger partial charge < -0.3 is 21.3 Å². The molecule has 0 fully saturated rings. The Balaban J connectivity index is 0.000000191. The topological polar surface area (TPSA) is 117 Å². The molecule has 0 saturated carbocycles. The van der Waals surface area contributed by atoms with E-state index in [-0.39, 0.29) is 18.0 Å². The van der Waals surface area contributed by atoms with Crippen LogP contribution >= 0.6 is 0 Å². The first kappa shape index (κ1) is 34.3. The van der Waals surface area contributed by atoms with Crippen LogP contribution in [0.25, 0.3) is 22.5 Å². The predicted octanol–water partition coefficient (Wildman–Crippen LogP) is 9.02. The molecule has 0 aliphatic heterocycles. The summed E-state index contributed by atoms with van der Waals surface area (Å²) in [7, 11) is 0. The van der Waals surface area contributed by atoms with Crippen molar-refractivity contribution in [3.63, 3.8) is 0 Å². The van der Waals surface area contributed by atoms with Crippen molar-refractivity contribution < 1.29 is 4.79 Å². The highest BCUT2D eigenvalue weighted by atomic mass is 16.1. The van der Waals surface area contributed by atoms with Crippen molar-refractivity contribution in [2.24, 2.45) is 0 Å². The van der Waals surface area contributed by atoms with Crippen molar-refractivity contribution >= 4 is 28.9 Å². The molecule has 0 aliphatic rings. The smallest absolute Gasteiger partial charge is 0.221 e. The molecular weight excluding hydrogens is 608 g/mol. The molecule has 248 valence electrons. The number of anilines is 4. The Bertz CT molecular complexity index is 1900. The summed E-state index contributed by atoms with van der Waals surface area (Å²) in [5.41, 5.74) is 7.92. The summed E-state index contributed by atoms with van der Waals surface area (Å²) in [4.78, 5) is 29.0. The third kappa shape index (κ3) is 10.2. The van der Waals surface area contributed by atoms with Gasteiger partial charge in [-0.1, -0.05) is 84.9 Å². The fourth-order valence-corrected chi connectivity index (χ4v) is 5.13. The van der Waals surface area contributed by atoms with Gasteiger partial charge in [-0.2, -0.15) is 0 Å². The van der Waals surface area contributed by atoms with Gasteiger partial charge in [-0.05, 0) is 56.2 Å². The van der Waals surface area contributed by atoms with Crippen molar-refractivity contribution in [1.29, 1.82) is 0 Å². The minimum atomic E-state index is -0.0892. The SMILES string of the molecule is CC(=O)Nc1ccc(-c2cncc(N[C@@H](C)c3ccccc3)n2)cc1.CCNc1ccc(-c2cncc(N[C@@H](C)c3ccccc3)n2)cc1. The van der Waals surface area contributed by atoms with Crippen LogP contribution in [-0.2, 0) is 4.79 Å². The van der Waals surface area contributed by atoms with Crippen molar-refractivity contribution in [3.8, 4) is 22.5 Å². The first-order valence-electron chi connectivity index (χ1n) is 16.4. The van der Waals surface area contributed by atoms with E-state index in [9.17, 15) is 4.79 Å². The summed E-state index contributed by atoms with van der Waals surface area (Å²) in [6, 6.07) is 36.6. The Morgan fingerprint density at radius 2 is 1.02 bits per heavy atom. The number of aromatic nitrogens is 4. The number of rotatable bonds is 11. The van der Waals surface area contributed by atoms with Crippen LogP contribution in [0.3, 0.4) is 0 Å². The summed E-state index contributed by atoms with van der Waals surface area (Å²) in [5.74, 6) is 1.41. The maximum atomic E-state index is 11.1. The molecule has 49 heavy (non-hydrogen) atoms. The van der Waals surface area contributed by atoms with Crippen LogP contribution in [0, 0.1) is 0 Å². The highest BCUT2D eigenvalue weighted by molar-refractivity contribution is 5.88. The first-order chi connectivity index (χ1) is 23.9. The summed E-state index contributed by atoms with van der Waals surface area (Å²) in [6.45, 7) is 8.70. The highest BCUT2D eigenvalue weighted by Gasteiger charge is 2.09. The molecule has 0 spiro atoms. The molecule has 2 heterocycles. The summed E-state index contributed by atoms with van der Waals surface area (Å²) >= 11 is 0. The molecular formula is C40H42N8O. The van der Waals surface area contributed by atoms with Gasteiger partial charge in [-0.15, -0.1) is 0 Å². The van der Waals surface area contributed by atoms with Crippen LogP contribution in [0.5, 0.6) is 0 Å². The number of benzene rings is 4. The van der Waals surface area contributed by atoms with Crippen molar-refractivity contribution in [2.45, 2.75) is 39.8 Å². The second-order valence-electron chi connectivity index (χ2n) is 11.5. The Morgan fingerprint density at radius 1 is 0.592 bits per heavy atom. The standard InChI is InChI=1S/C20H20N4O.C20H22N4/c1-14(16-6-4-3-5-7-16)22-20-13-21-12-19(24-20)17-8-10-18(11-9-17)23-15(2)25;1-3-22-18-11-9-17(10-12-18)19-13-21-14-20(24-19)23-15(2)16-7-5-4-6-8-16/h3-14H,1-2H3,(H,22,24)(H,23,25);4-15,22H,3H2,1-2H3,(H,23,24)/t14-;15-/m00/s1. The van der Waals surface area contributed by atoms with E-state index >= 15 is 0 Å². The van der Waals surface area contributed by atoms with Gasteiger partial charge in [-0.25, -0.2) is 9.97 Å². The lowest BCUT2D eigenvalue weighted by atomic mass is 10.1. The van der Waals surface area contributed by atoms with Gasteiger partial charge in [0.1, 0.15) is 11.6 Å². The second-order valence-corrected chi connectivity index (χ2v) is 11.5. The average Bonchev–Trinajstić information content (AvgIpc) is 3.13. The Hall–Kier alpha value is -6.09. The van der Waals surface area contributed by atoms with Gasteiger partial charge in [0.2, 0.25) is 5.91 Å². The maximum Gasteiger partial charge on any atom is 0.221 e. The molecule has 2 aromatic heterocycles. The number of hydrogen-bond acceptors (Lipinski definition) is 8. The molecule has 6 aromatic rings. The predicted molar refractivity (Wildman–Crippen MR) is 200 cm³/mol. The van der Waals surface area contributed by atoms with Gasteiger partial charge in [0.05, 0.1) is 36.2 Å². The molecule has 4 aromatic carbocycles. The number of nitrogens with zero attached hydrogens (tertiary/aromatic N) is 4. The molecule has 9 heteroatoms. The average molecular weight is 651 g/mol. The number of amides is 1. The van der Waals surface area contributed by atoms with Crippen molar-refractivity contribution in [3.05, 3.63) is 145 Å². The maximum absolute atomic E-state index is 11.1. The van der Waals surface area contributed by atoms with Gasteiger partial charge in [0.15, 0.2) is 0 Å². The van der Waals surface area contributed by atoms with E-state index < -0.39 is 0 Å². The van der Waals surface area contributed by atoms with E-state index in [0.717, 1.165) is 52.1 Å². The normalized spacial score (nSPS) is 11.7. The van der Waals surface area contributed by atoms with E-state index in [1.165, 1.54) is 18.1 Å². The monoisotopic (exact) mass is 650 g/mol. The summed E-state index contributed by atoms with van der Waals surface area (Å²) in [6.07, 6.45) is 7.00. The van der Waals surface area contributed by atoms with Gasteiger partial charge >= 0.3 is 0 Å². The van der Waals surface area contributed by atoms with E-state index in [2.05, 4.69) is 106 Å². The first-order valence-corrected chi connectivity index (χ1v) is 16.4. The molecule has 0 unspecified atom stereocenters. The van der Waals surface area contributed by atoms with E-state index in [4.69, 9.17) is 4.98 Å². The number of nitrogens with one attached hydrogen (secondary N) is 4. The molecule has 1 amide bonds. The number of carbonyl (C=O) groups is 1. The van der Waals surface area contributed by atoms with Gasteiger partial charge in [0, 0.05) is 48.1 Å². The van der Waals surface area contributed by atoms with Crippen molar-refractivity contribution in [1.82, 2.24) is 19.9 Å². The van der Waals surface area contributed by atoms with Crippen LogP contribution in [-0.4, -0.2) is 32.4 Å². The minimum Gasteiger partial charge on any atom is -0.385 e. The lowest BCUT2D eigenvalue weighted by Crippen LogP contribution is -2.08. The Kier molecular flexibility index (Phi) is 12.0. The van der Waals surface area contributed by atoms with Crippen LogP contribution < -0.4 is 21.3 Å². The molecule has 0 saturated heterocycles. The molecule has 9 nitrogen and oxygen atoms in total. The van der Waals surface area contributed by atoms with Crippen LogP contribution in [0.4, 0.5) is 23.0 Å². The second kappa shape index (κ2) is 17.2. The number of carbonyl (C=O) groups excluding carboxylic acids is 1. The van der Waals surface area contributed by atoms with Gasteiger partial charge in [0.25, 0.3) is 0 Å². The van der Waals surface area contributed by atoms with E-state index in [1.807, 2.05) is 60.7 Å². The lowest BCUT2D eigenvalue weighted by Gasteiger charge is -2.15. The molecule has 0 radical (unpaired) electrons. The molecule has 2 atom stereocenters. The van der Waals surface area contributed by atoms with Gasteiger partial charge in [-0.3, -0.25) is 14.8 Å². The third-order valence-corrected chi connectivity index (χ3v) is 7.66. The zero-order valence-corrected chi connectivity index (χ0v) is 28.3. The largest absolute Gasteiger partial charge is 0.385 e. The fourth-order valence-electron chi connectivity index (χ4n) is 5.13. The van der Waals surface area contributed by atoms with Crippen LogP contribution in [0.1, 0.15) is 50.9 Å². The zero-order valence-electron chi connectivity index (χ0n) is 28.3. The van der Waals surface area contributed by atoms with E-state index in [1.54, 1.807) is 24.8 Å². The Labute approximate surface area is 288 Å². The highest BCUT2D eigenvalue weighted by Crippen LogP contribution is 2.24. The van der Waals surface area contributed by atoms with E-state index in [0.29, 0.717) is 0 Å². The summed E-state index contributed by atoms with van der Waals surface area (Å²) in [5, 5.41) is 12.8. The molecule has 0 bridgehead atoms. The fraction of sp³-hybridized carbons (Fsp3) is 0.175. The Morgan fingerprint density at radius 3 is 1.43 bits per heavy atom. The van der Waals surface area contributed by atoms with Crippen LogP contribution in [0.15, 0.2) is 134 Å². The third-order valence-electron chi connectivity index (χ3n) is 7.66. The number of hydrogen-bond donors (Lipinski definition) is 4. The lowest BCUT2D eigenvalue weighted by molar-refractivity contribution is -0.114. The van der Waals surface area contributed by atoms with Crippen LogP contribution in [0.2, 0.25) is 0 Å². The van der Waals surface area contributed by atoms with Crippen molar-refractivity contribution in [2.75, 3.05) is 27.8 Å². The molecule has 4 N–H and O–H groups in total. The molecule has 6 rings (SSSR count). The quantitative estimate of drug-likeness (QED) is 0.110. The summed E-state index contributed by atoms with van der Waals surface area (Å²) < 4.78 is 0.